The molecule has 0 fully saturated rings. The lowest BCUT2D eigenvalue weighted by molar-refractivity contribution is 0.629. The Morgan fingerprint density at radius 1 is 1.31 bits per heavy atom. The van der Waals surface area contributed by atoms with E-state index in [1.165, 1.54) is 23.5 Å². The fraction of sp³-hybridized carbons (Fsp3) is 0. The van der Waals surface area contributed by atoms with Gasteiger partial charge in [-0.2, -0.15) is 0 Å². The Bertz CT molecular complexity index is 391. The van der Waals surface area contributed by atoms with E-state index >= 15 is 0 Å². The summed E-state index contributed by atoms with van der Waals surface area (Å²) in [5.74, 6) is -0.329. The molecule has 66 valence electrons. The molecule has 0 aliphatic carbocycles. The van der Waals surface area contributed by atoms with Crippen molar-refractivity contribution in [2.45, 2.75) is 0 Å². The van der Waals surface area contributed by atoms with Gasteiger partial charge in [-0.3, -0.25) is 0 Å². The number of nitrogen functional groups attached to an aromatic ring is 1. The Morgan fingerprint density at radius 2 is 2.15 bits per heavy atom. The van der Waals surface area contributed by atoms with E-state index in [0.29, 0.717) is 5.69 Å². The van der Waals surface area contributed by atoms with Gasteiger partial charge in [0.1, 0.15) is 10.8 Å². The molecule has 1 aromatic heterocycles. The minimum atomic E-state index is -0.329. The summed E-state index contributed by atoms with van der Waals surface area (Å²) in [6, 6.07) is 4.42. The van der Waals surface area contributed by atoms with Crippen LogP contribution < -0.4 is 5.73 Å². The molecule has 0 amide bonds. The summed E-state index contributed by atoms with van der Waals surface area (Å²) in [6.45, 7) is 0. The van der Waals surface area contributed by atoms with E-state index in [1.807, 2.05) is 5.38 Å². The SMILES string of the molecule is Nc1cc(F)cc(-c2nccs2)c1. The highest BCUT2D eigenvalue weighted by atomic mass is 32.1. The molecule has 0 bridgehead atoms. The molecule has 2 nitrogen and oxygen atoms in total. The van der Waals surface area contributed by atoms with E-state index in [-0.39, 0.29) is 5.82 Å². The number of halogens is 1. The summed E-state index contributed by atoms with van der Waals surface area (Å²) in [5, 5.41) is 2.63. The summed E-state index contributed by atoms with van der Waals surface area (Å²) in [7, 11) is 0. The number of hydrogen-bond donors (Lipinski definition) is 1. The molecule has 2 aromatic rings. The van der Waals surface area contributed by atoms with Crippen LogP contribution in [-0.2, 0) is 0 Å². The molecule has 0 aliphatic rings. The fourth-order valence-electron chi connectivity index (χ4n) is 1.10. The molecule has 0 aliphatic heterocycles. The third-order valence-corrected chi connectivity index (χ3v) is 2.42. The monoisotopic (exact) mass is 194 g/mol. The Hall–Kier alpha value is -1.42. The smallest absolute Gasteiger partial charge is 0.125 e. The van der Waals surface area contributed by atoms with Crippen molar-refractivity contribution in [1.29, 1.82) is 0 Å². The molecule has 0 saturated heterocycles. The Balaban J connectivity index is 2.53. The van der Waals surface area contributed by atoms with E-state index in [1.54, 1.807) is 12.3 Å². The van der Waals surface area contributed by atoms with E-state index in [4.69, 9.17) is 5.73 Å². The first-order chi connectivity index (χ1) is 6.25. The quantitative estimate of drug-likeness (QED) is 0.708. The van der Waals surface area contributed by atoms with Crippen molar-refractivity contribution < 1.29 is 4.39 Å². The van der Waals surface area contributed by atoms with Crippen molar-refractivity contribution in [3.8, 4) is 10.6 Å². The maximum absolute atomic E-state index is 12.9. The first-order valence-electron chi connectivity index (χ1n) is 3.71. The number of rotatable bonds is 1. The van der Waals surface area contributed by atoms with Crippen LogP contribution in [0.25, 0.3) is 10.6 Å². The largest absolute Gasteiger partial charge is 0.399 e. The van der Waals surface area contributed by atoms with Crippen LogP contribution in [0, 0.1) is 5.82 Å². The van der Waals surface area contributed by atoms with Crippen molar-refractivity contribution >= 4 is 17.0 Å². The minimum Gasteiger partial charge on any atom is -0.399 e. The highest BCUT2D eigenvalue weighted by molar-refractivity contribution is 7.13. The van der Waals surface area contributed by atoms with Crippen molar-refractivity contribution in [1.82, 2.24) is 4.98 Å². The van der Waals surface area contributed by atoms with Crippen molar-refractivity contribution in [2.24, 2.45) is 0 Å². The number of aromatic nitrogens is 1. The number of thiazole rings is 1. The lowest BCUT2D eigenvalue weighted by atomic mass is 10.2. The zero-order chi connectivity index (χ0) is 9.26. The van der Waals surface area contributed by atoms with Crippen LogP contribution in [0.1, 0.15) is 0 Å². The predicted octanol–water partition coefficient (Wildman–Crippen LogP) is 2.53. The van der Waals surface area contributed by atoms with Gasteiger partial charge in [0.2, 0.25) is 0 Å². The lowest BCUT2D eigenvalue weighted by Crippen LogP contribution is -1.87. The Morgan fingerprint density at radius 3 is 2.77 bits per heavy atom. The van der Waals surface area contributed by atoms with Crippen LogP contribution in [-0.4, -0.2) is 4.98 Å². The standard InChI is InChI=1S/C9H7FN2S/c10-7-3-6(4-8(11)5-7)9-12-1-2-13-9/h1-5H,11H2. The molecular formula is C9H7FN2S. The van der Waals surface area contributed by atoms with E-state index in [9.17, 15) is 4.39 Å². The van der Waals surface area contributed by atoms with Gasteiger partial charge in [-0.1, -0.05) is 0 Å². The number of nitrogens with two attached hydrogens (primary N) is 1. The first-order valence-corrected chi connectivity index (χ1v) is 4.59. The maximum Gasteiger partial charge on any atom is 0.125 e. The summed E-state index contributed by atoms with van der Waals surface area (Å²) in [6.07, 6.45) is 1.68. The molecule has 4 heteroatoms. The number of hydrogen-bond acceptors (Lipinski definition) is 3. The van der Waals surface area contributed by atoms with Gasteiger partial charge in [-0.15, -0.1) is 11.3 Å². The predicted molar refractivity (Wildman–Crippen MR) is 51.9 cm³/mol. The second-order valence-electron chi connectivity index (χ2n) is 2.61. The number of nitrogens with zero attached hydrogens (tertiary/aromatic N) is 1. The van der Waals surface area contributed by atoms with Crippen LogP contribution in [0.5, 0.6) is 0 Å². The normalized spacial score (nSPS) is 10.2. The molecule has 2 rings (SSSR count). The lowest BCUT2D eigenvalue weighted by Gasteiger charge is -1.98. The third kappa shape index (κ3) is 1.67. The molecule has 13 heavy (non-hydrogen) atoms. The maximum atomic E-state index is 12.9. The van der Waals surface area contributed by atoms with Gasteiger partial charge in [-0.25, -0.2) is 9.37 Å². The minimum absolute atomic E-state index is 0.329. The van der Waals surface area contributed by atoms with Crippen LogP contribution in [0.4, 0.5) is 10.1 Å². The second-order valence-corrected chi connectivity index (χ2v) is 3.51. The molecule has 1 heterocycles. The molecule has 0 unspecified atom stereocenters. The van der Waals surface area contributed by atoms with E-state index in [2.05, 4.69) is 4.98 Å². The topological polar surface area (TPSA) is 38.9 Å². The molecule has 0 saturated carbocycles. The molecule has 2 N–H and O–H groups in total. The van der Waals surface area contributed by atoms with Crippen LogP contribution in [0.3, 0.4) is 0 Å². The average Bonchev–Trinajstić information content (AvgIpc) is 2.53. The van der Waals surface area contributed by atoms with Gasteiger partial charge in [0.05, 0.1) is 0 Å². The van der Waals surface area contributed by atoms with Gasteiger partial charge < -0.3 is 5.73 Å². The van der Waals surface area contributed by atoms with Crippen molar-refractivity contribution in [3.63, 3.8) is 0 Å². The van der Waals surface area contributed by atoms with Gasteiger partial charge in [0.25, 0.3) is 0 Å². The van der Waals surface area contributed by atoms with Crippen molar-refractivity contribution in [2.75, 3.05) is 5.73 Å². The summed E-state index contributed by atoms with van der Waals surface area (Å²) in [5.41, 5.74) is 6.65. The summed E-state index contributed by atoms with van der Waals surface area (Å²) in [4.78, 5) is 4.06. The first kappa shape index (κ1) is 8.19. The second kappa shape index (κ2) is 3.14. The average molecular weight is 194 g/mol. The highest BCUT2D eigenvalue weighted by Crippen LogP contribution is 2.24. The summed E-state index contributed by atoms with van der Waals surface area (Å²) >= 11 is 1.46. The van der Waals surface area contributed by atoms with Gasteiger partial charge in [0.15, 0.2) is 0 Å². The number of benzene rings is 1. The molecule has 0 spiro atoms. The Kier molecular flexibility index (Phi) is 1.98. The highest BCUT2D eigenvalue weighted by Gasteiger charge is 2.02. The third-order valence-electron chi connectivity index (χ3n) is 1.60. The fourth-order valence-corrected chi connectivity index (χ4v) is 1.73. The number of anilines is 1. The molecular weight excluding hydrogens is 187 g/mol. The summed E-state index contributed by atoms with van der Waals surface area (Å²) < 4.78 is 12.9. The molecule has 0 atom stereocenters. The van der Waals surface area contributed by atoms with Gasteiger partial charge in [0, 0.05) is 22.8 Å². The van der Waals surface area contributed by atoms with Gasteiger partial charge >= 0.3 is 0 Å². The van der Waals surface area contributed by atoms with Crippen molar-refractivity contribution in [3.05, 3.63) is 35.6 Å². The van der Waals surface area contributed by atoms with Crippen LogP contribution in [0.15, 0.2) is 29.8 Å². The van der Waals surface area contributed by atoms with E-state index in [0.717, 1.165) is 10.6 Å². The van der Waals surface area contributed by atoms with Gasteiger partial charge in [-0.05, 0) is 18.2 Å². The molecule has 1 aromatic carbocycles. The van der Waals surface area contributed by atoms with E-state index < -0.39 is 0 Å². The molecule has 0 radical (unpaired) electrons. The van der Waals surface area contributed by atoms with Crippen LogP contribution >= 0.6 is 11.3 Å². The Labute approximate surface area is 78.9 Å². The van der Waals surface area contributed by atoms with Crippen LogP contribution in [0.2, 0.25) is 0 Å². The zero-order valence-electron chi connectivity index (χ0n) is 6.70. The zero-order valence-corrected chi connectivity index (χ0v) is 7.51.